The third-order valence-corrected chi connectivity index (χ3v) is 5.59. The van der Waals surface area contributed by atoms with Gasteiger partial charge < -0.3 is 14.5 Å². The van der Waals surface area contributed by atoms with Gasteiger partial charge in [0.05, 0.1) is 5.69 Å². The lowest BCUT2D eigenvalue weighted by Crippen LogP contribution is -2.30. The highest BCUT2D eigenvalue weighted by atomic mass is 16.5. The average molecular weight is 442 g/mol. The van der Waals surface area contributed by atoms with Crippen molar-refractivity contribution >= 4 is 28.3 Å². The second-order valence-corrected chi connectivity index (χ2v) is 8.47. The van der Waals surface area contributed by atoms with Gasteiger partial charge in [0, 0.05) is 10.9 Å². The van der Waals surface area contributed by atoms with E-state index in [0.29, 0.717) is 33.9 Å². The second-order valence-electron chi connectivity index (χ2n) is 8.47. The first-order chi connectivity index (χ1) is 15.8. The number of carbonyl (C=O) groups excluding carboxylic acids is 2. The molecule has 1 heterocycles. The molecule has 0 fully saturated rings. The van der Waals surface area contributed by atoms with Crippen LogP contribution in [-0.2, 0) is 4.79 Å². The Balaban J connectivity index is 1.59. The van der Waals surface area contributed by atoms with E-state index in [9.17, 15) is 9.59 Å². The number of hydrogen-bond acceptors (Lipinski definition) is 4. The largest absolute Gasteiger partial charge is 0.481 e. The van der Waals surface area contributed by atoms with Crippen molar-refractivity contribution in [3.8, 4) is 5.75 Å². The molecule has 0 saturated carbocycles. The maximum absolute atomic E-state index is 13.2. The van der Waals surface area contributed by atoms with Gasteiger partial charge >= 0.3 is 0 Å². The summed E-state index contributed by atoms with van der Waals surface area (Å²) in [5, 5.41) is 3.53. The summed E-state index contributed by atoms with van der Waals surface area (Å²) in [6.45, 7) is 7.88. The smallest absolute Gasteiger partial charge is 0.265 e. The lowest BCUT2D eigenvalue weighted by atomic mass is 10.0. The molecule has 4 aromatic rings. The van der Waals surface area contributed by atoms with Crippen LogP contribution in [0.3, 0.4) is 0 Å². The van der Waals surface area contributed by atoms with Crippen LogP contribution < -0.4 is 10.1 Å². The number of anilines is 1. The van der Waals surface area contributed by atoms with Crippen molar-refractivity contribution < 1.29 is 18.7 Å². The number of benzene rings is 3. The number of fused-ring (bicyclic) bond motifs is 1. The van der Waals surface area contributed by atoms with Gasteiger partial charge in [-0.2, -0.15) is 0 Å². The van der Waals surface area contributed by atoms with E-state index in [4.69, 9.17) is 9.15 Å². The Kier molecular flexibility index (Phi) is 6.31. The number of nitrogens with one attached hydrogen (secondary N) is 1. The second kappa shape index (κ2) is 9.33. The van der Waals surface area contributed by atoms with Gasteiger partial charge in [-0.15, -0.1) is 0 Å². The van der Waals surface area contributed by atoms with E-state index >= 15 is 0 Å². The third-order valence-electron chi connectivity index (χ3n) is 5.59. The Hall–Kier alpha value is -3.86. The Morgan fingerprint density at radius 1 is 0.879 bits per heavy atom. The minimum absolute atomic E-state index is 0.0990. The molecule has 0 radical (unpaired) electrons. The monoisotopic (exact) mass is 441 g/mol. The van der Waals surface area contributed by atoms with E-state index < -0.39 is 6.10 Å². The molecular weight excluding hydrogens is 414 g/mol. The number of rotatable bonds is 7. The van der Waals surface area contributed by atoms with E-state index in [1.165, 1.54) is 5.56 Å². The molecule has 1 aromatic heterocycles. The zero-order chi connectivity index (χ0) is 23.5. The van der Waals surface area contributed by atoms with Crippen LogP contribution in [0.5, 0.6) is 5.75 Å². The van der Waals surface area contributed by atoms with Gasteiger partial charge in [0.1, 0.15) is 11.3 Å². The Morgan fingerprint density at radius 3 is 2.21 bits per heavy atom. The molecule has 4 rings (SSSR count). The maximum atomic E-state index is 13.2. The number of furan rings is 1. The number of hydrogen-bond donors (Lipinski definition) is 1. The molecule has 3 aromatic carbocycles. The number of ether oxygens (including phenoxy) is 1. The maximum Gasteiger partial charge on any atom is 0.265 e. The summed E-state index contributed by atoms with van der Waals surface area (Å²) >= 11 is 0. The predicted octanol–water partition coefficient (Wildman–Crippen LogP) is 6.50. The lowest BCUT2D eigenvalue weighted by Gasteiger charge is -2.15. The lowest BCUT2D eigenvalue weighted by molar-refractivity contribution is -0.122. The summed E-state index contributed by atoms with van der Waals surface area (Å²) in [4.78, 5) is 26.2. The van der Waals surface area contributed by atoms with Crippen LogP contribution in [0.1, 0.15) is 53.9 Å². The van der Waals surface area contributed by atoms with Crippen LogP contribution >= 0.6 is 0 Å². The molecule has 1 atom stereocenters. The molecule has 5 nitrogen and oxygen atoms in total. The van der Waals surface area contributed by atoms with Gasteiger partial charge in [-0.1, -0.05) is 67.9 Å². The Morgan fingerprint density at radius 2 is 1.55 bits per heavy atom. The SMILES string of the molecule is Cc1ccc(C(=O)c2oc3ccccc3c2NC(=O)[C@H](C)Oc2ccc(C(C)C)cc2)cc1. The molecule has 0 aliphatic heterocycles. The van der Waals surface area contributed by atoms with E-state index in [-0.39, 0.29) is 17.5 Å². The molecule has 0 spiro atoms. The number of amides is 1. The fourth-order valence-electron chi connectivity index (χ4n) is 3.58. The predicted molar refractivity (Wildman–Crippen MR) is 130 cm³/mol. The summed E-state index contributed by atoms with van der Waals surface area (Å²) in [5.41, 5.74) is 3.62. The molecule has 168 valence electrons. The van der Waals surface area contributed by atoms with Crippen LogP contribution in [-0.4, -0.2) is 17.8 Å². The van der Waals surface area contributed by atoms with Crippen LogP contribution in [0.25, 0.3) is 11.0 Å². The molecule has 1 amide bonds. The van der Waals surface area contributed by atoms with Crippen molar-refractivity contribution in [2.45, 2.75) is 39.7 Å². The molecule has 5 heteroatoms. The van der Waals surface area contributed by atoms with Gasteiger partial charge in [0.25, 0.3) is 5.91 Å². The van der Waals surface area contributed by atoms with Gasteiger partial charge in [-0.3, -0.25) is 9.59 Å². The van der Waals surface area contributed by atoms with Gasteiger partial charge in [0.2, 0.25) is 5.78 Å². The average Bonchev–Trinajstić information content (AvgIpc) is 3.17. The van der Waals surface area contributed by atoms with Crippen LogP contribution in [0.2, 0.25) is 0 Å². The number of carbonyl (C=O) groups is 2. The fourth-order valence-corrected chi connectivity index (χ4v) is 3.58. The summed E-state index contributed by atoms with van der Waals surface area (Å²) in [6, 6.07) is 22.2. The first-order valence-electron chi connectivity index (χ1n) is 11.0. The van der Waals surface area contributed by atoms with Crippen molar-refractivity contribution in [1.29, 1.82) is 0 Å². The number of para-hydroxylation sites is 1. The van der Waals surface area contributed by atoms with E-state index in [2.05, 4.69) is 19.2 Å². The van der Waals surface area contributed by atoms with Crippen molar-refractivity contribution in [2.24, 2.45) is 0 Å². The standard InChI is InChI=1S/C28H27NO4/c1-17(2)20-13-15-22(16-14-20)32-19(4)28(31)29-25-23-7-5-6-8-24(23)33-27(25)26(30)21-11-9-18(3)10-12-21/h5-17,19H,1-4H3,(H,29,31)/t19-/m0/s1. The topological polar surface area (TPSA) is 68.5 Å². The quantitative estimate of drug-likeness (QED) is 0.332. The summed E-state index contributed by atoms with van der Waals surface area (Å²) < 4.78 is 11.7. The van der Waals surface area contributed by atoms with Crippen molar-refractivity contribution in [2.75, 3.05) is 5.32 Å². The molecule has 0 aliphatic rings. The molecule has 0 aliphatic carbocycles. The van der Waals surface area contributed by atoms with Crippen molar-refractivity contribution in [3.05, 3.63) is 95.2 Å². The highest BCUT2D eigenvalue weighted by molar-refractivity contribution is 6.17. The normalized spacial score (nSPS) is 12.0. The minimum atomic E-state index is -0.772. The zero-order valence-electron chi connectivity index (χ0n) is 19.2. The van der Waals surface area contributed by atoms with Crippen molar-refractivity contribution in [3.63, 3.8) is 0 Å². The molecule has 0 saturated heterocycles. The van der Waals surface area contributed by atoms with Gasteiger partial charge in [0.15, 0.2) is 11.9 Å². The summed E-state index contributed by atoms with van der Waals surface area (Å²) in [5.74, 6) is 0.461. The van der Waals surface area contributed by atoms with Crippen molar-refractivity contribution in [1.82, 2.24) is 0 Å². The molecule has 0 unspecified atom stereocenters. The van der Waals surface area contributed by atoms with Crippen LogP contribution in [0.4, 0.5) is 5.69 Å². The van der Waals surface area contributed by atoms with E-state index in [0.717, 1.165) is 5.56 Å². The highest BCUT2D eigenvalue weighted by Crippen LogP contribution is 2.33. The first kappa shape index (κ1) is 22.3. The summed E-state index contributed by atoms with van der Waals surface area (Å²) in [6.07, 6.45) is -0.772. The zero-order valence-corrected chi connectivity index (χ0v) is 19.2. The highest BCUT2D eigenvalue weighted by Gasteiger charge is 2.25. The minimum Gasteiger partial charge on any atom is -0.481 e. The fraction of sp³-hybridized carbons (Fsp3) is 0.214. The van der Waals surface area contributed by atoms with Crippen LogP contribution in [0.15, 0.2) is 77.2 Å². The van der Waals surface area contributed by atoms with Crippen LogP contribution in [0, 0.1) is 6.92 Å². The molecule has 0 bridgehead atoms. The van der Waals surface area contributed by atoms with E-state index in [1.807, 2.05) is 61.5 Å². The third kappa shape index (κ3) is 4.82. The van der Waals surface area contributed by atoms with Gasteiger partial charge in [-0.05, 0) is 49.6 Å². The molecule has 33 heavy (non-hydrogen) atoms. The molecular formula is C28H27NO4. The first-order valence-corrected chi connectivity index (χ1v) is 11.0. The Bertz CT molecular complexity index is 1280. The Labute approximate surface area is 193 Å². The number of aryl methyl sites for hydroxylation is 1. The van der Waals surface area contributed by atoms with E-state index in [1.54, 1.807) is 25.1 Å². The van der Waals surface area contributed by atoms with Gasteiger partial charge in [-0.25, -0.2) is 0 Å². The summed E-state index contributed by atoms with van der Waals surface area (Å²) in [7, 11) is 0. The molecule has 1 N–H and O–H groups in total. The number of ketones is 1.